The average Bonchev–Trinajstić information content (AvgIpc) is 3.10. The molecule has 0 aromatic rings. The SMILES string of the molecule is C(C[Se]CCOCC1CS1)OCC1CS1. The molecule has 2 rings (SSSR count). The second kappa shape index (κ2) is 7.46. The van der Waals surface area contributed by atoms with E-state index in [4.69, 9.17) is 9.47 Å². The van der Waals surface area contributed by atoms with Gasteiger partial charge in [-0.15, -0.1) is 0 Å². The molecule has 2 saturated heterocycles. The number of hydrogen-bond donors (Lipinski definition) is 0. The average molecular weight is 313 g/mol. The summed E-state index contributed by atoms with van der Waals surface area (Å²) in [4.78, 5) is 0. The molecule has 0 spiro atoms. The summed E-state index contributed by atoms with van der Waals surface area (Å²) in [6.07, 6.45) is 0. The summed E-state index contributed by atoms with van der Waals surface area (Å²) in [5.74, 6) is 2.64. The Balaban J connectivity index is 1.23. The molecule has 88 valence electrons. The van der Waals surface area contributed by atoms with Crippen LogP contribution in [0.25, 0.3) is 0 Å². The standard InChI is InChI=1S/C10H18O2S2Se/c1(11-5-9-7-13-9)3-15-4-2-12-6-10-8-14-10/h9-10H,1-8H2. The number of hydrogen-bond acceptors (Lipinski definition) is 4. The van der Waals surface area contributed by atoms with Crippen molar-refractivity contribution in [3.05, 3.63) is 0 Å². The summed E-state index contributed by atoms with van der Waals surface area (Å²) in [6.45, 7) is 3.90. The van der Waals surface area contributed by atoms with E-state index >= 15 is 0 Å². The van der Waals surface area contributed by atoms with Crippen LogP contribution in [0.15, 0.2) is 0 Å². The maximum atomic E-state index is 5.56. The van der Waals surface area contributed by atoms with Crippen molar-refractivity contribution in [2.75, 3.05) is 37.9 Å². The van der Waals surface area contributed by atoms with Gasteiger partial charge in [-0.05, 0) is 0 Å². The summed E-state index contributed by atoms with van der Waals surface area (Å²) in [7, 11) is 0. The Bertz CT molecular complexity index is 157. The third-order valence-electron chi connectivity index (χ3n) is 2.16. The Kier molecular flexibility index (Phi) is 6.26. The van der Waals surface area contributed by atoms with Crippen LogP contribution in [-0.2, 0) is 9.47 Å². The fourth-order valence-corrected chi connectivity index (χ4v) is 3.36. The van der Waals surface area contributed by atoms with Gasteiger partial charge in [0.1, 0.15) is 0 Å². The van der Waals surface area contributed by atoms with E-state index in [1.807, 2.05) is 23.5 Å². The first-order chi connectivity index (χ1) is 7.45. The van der Waals surface area contributed by atoms with E-state index in [1.165, 1.54) is 22.1 Å². The number of rotatable bonds is 10. The summed E-state index contributed by atoms with van der Waals surface area (Å²) < 4.78 is 11.1. The molecule has 0 saturated carbocycles. The molecule has 0 aliphatic carbocycles. The first-order valence-corrected chi connectivity index (χ1v) is 9.93. The van der Waals surface area contributed by atoms with Gasteiger partial charge in [-0.1, -0.05) is 0 Å². The summed E-state index contributed by atoms with van der Waals surface area (Å²) in [5.41, 5.74) is 0. The molecule has 5 heteroatoms. The molecule has 2 aliphatic rings. The van der Waals surface area contributed by atoms with Crippen molar-refractivity contribution in [1.82, 2.24) is 0 Å². The van der Waals surface area contributed by atoms with Crippen molar-refractivity contribution < 1.29 is 9.47 Å². The van der Waals surface area contributed by atoms with E-state index in [0.29, 0.717) is 0 Å². The summed E-state index contributed by atoms with van der Waals surface area (Å²) in [5, 5.41) is 4.17. The Labute approximate surface area is 107 Å². The first-order valence-electron chi connectivity index (χ1n) is 5.41. The van der Waals surface area contributed by atoms with Gasteiger partial charge in [0.05, 0.1) is 0 Å². The molecule has 2 atom stereocenters. The van der Waals surface area contributed by atoms with Crippen LogP contribution in [0.1, 0.15) is 0 Å². The van der Waals surface area contributed by atoms with Gasteiger partial charge in [-0.2, -0.15) is 0 Å². The van der Waals surface area contributed by atoms with Crippen molar-refractivity contribution in [3.63, 3.8) is 0 Å². The third-order valence-corrected chi connectivity index (χ3v) is 5.95. The molecule has 2 fully saturated rings. The van der Waals surface area contributed by atoms with E-state index in [9.17, 15) is 0 Å². The molecule has 0 bridgehead atoms. The van der Waals surface area contributed by atoms with Crippen LogP contribution >= 0.6 is 23.5 Å². The Morgan fingerprint density at radius 2 is 1.40 bits per heavy atom. The van der Waals surface area contributed by atoms with Crippen molar-refractivity contribution >= 4 is 38.5 Å². The third kappa shape index (κ3) is 7.14. The van der Waals surface area contributed by atoms with Gasteiger partial charge < -0.3 is 0 Å². The van der Waals surface area contributed by atoms with Crippen molar-refractivity contribution in [2.24, 2.45) is 0 Å². The molecule has 2 unspecified atom stereocenters. The van der Waals surface area contributed by atoms with Gasteiger partial charge in [0.15, 0.2) is 0 Å². The normalized spacial score (nSPS) is 28.0. The van der Waals surface area contributed by atoms with Gasteiger partial charge in [0.2, 0.25) is 0 Å². The monoisotopic (exact) mass is 314 g/mol. The van der Waals surface area contributed by atoms with Crippen LogP contribution in [0.4, 0.5) is 0 Å². The number of thioether (sulfide) groups is 2. The molecule has 2 heterocycles. The van der Waals surface area contributed by atoms with Gasteiger partial charge in [-0.3, -0.25) is 0 Å². The fourth-order valence-electron chi connectivity index (χ4n) is 1.10. The van der Waals surface area contributed by atoms with Crippen LogP contribution < -0.4 is 0 Å². The predicted molar refractivity (Wildman–Crippen MR) is 69.5 cm³/mol. The van der Waals surface area contributed by atoms with E-state index in [0.717, 1.165) is 51.9 Å². The zero-order chi connectivity index (χ0) is 10.3. The molecule has 0 aromatic carbocycles. The van der Waals surface area contributed by atoms with Crippen LogP contribution in [-0.4, -0.2) is 63.4 Å². The molecule has 0 N–H and O–H groups in total. The molecular formula is C10H18O2S2Se. The molecule has 2 aliphatic heterocycles. The molecule has 2 nitrogen and oxygen atoms in total. The zero-order valence-electron chi connectivity index (χ0n) is 8.85. The molecule has 15 heavy (non-hydrogen) atoms. The minimum absolute atomic E-state index is 0.730. The maximum absolute atomic E-state index is 5.56. The number of ether oxygens (including phenoxy) is 2. The van der Waals surface area contributed by atoms with Crippen LogP contribution in [0.5, 0.6) is 0 Å². The first kappa shape index (κ1) is 12.6. The Hall–Kier alpha value is 1.14. The van der Waals surface area contributed by atoms with Crippen LogP contribution in [0, 0.1) is 0 Å². The van der Waals surface area contributed by atoms with E-state index in [2.05, 4.69) is 0 Å². The summed E-state index contributed by atoms with van der Waals surface area (Å²) in [6, 6.07) is 0. The van der Waals surface area contributed by atoms with Crippen molar-refractivity contribution in [1.29, 1.82) is 0 Å². The summed E-state index contributed by atoms with van der Waals surface area (Å²) >= 11 is 4.75. The van der Waals surface area contributed by atoms with Gasteiger partial charge in [-0.25, -0.2) is 0 Å². The van der Waals surface area contributed by atoms with Gasteiger partial charge >= 0.3 is 107 Å². The molecule has 0 aromatic heterocycles. The fraction of sp³-hybridized carbons (Fsp3) is 1.00. The van der Waals surface area contributed by atoms with Crippen molar-refractivity contribution in [3.8, 4) is 0 Å². The predicted octanol–water partition coefficient (Wildman–Crippen LogP) is 1.79. The Morgan fingerprint density at radius 1 is 0.933 bits per heavy atom. The van der Waals surface area contributed by atoms with Gasteiger partial charge in [0.25, 0.3) is 0 Å². The molecular weight excluding hydrogens is 295 g/mol. The quantitative estimate of drug-likeness (QED) is 0.348. The Morgan fingerprint density at radius 3 is 1.80 bits per heavy atom. The minimum atomic E-state index is 0.730. The second-order valence-electron chi connectivity index (χ2n) is 3.67. The van der Waals surface area contributed by atoms with Crippen molar-refractivity contribution in [2.45, 2.75) is 21.1 Å². The van der Waals surface area contributed by atoms with E-state index in [1.54, 1.807) is 0 Å². The van der Waals surface area contributed by atoms with Crippen LogP contribution in [0.2, 0.25) is 10.6 Å². The zero-order valence-corrected chi connectivity index (χ0v) is 12.2. The van der Waals surface area contributed by atoms with E-state index in [-0.39, 0.29) is 0 Å². The van der Waals surface area contributed by atoms with Crippen LogP contribution in [0.3, 0.4) is 0 Å². The molecule has 0 amide bonds. The van der Waals surface area contributed by atoms with Gasteiger partial charge in [0, 0.05) is 0 Å². The van der Waals surface area contributed by atoms with E-state index < -0.39 is 0 Å². The second-order valence-corrected chi connectivity index (χ2v) is 8.91. The topological polar surface area (TPSA) is 18.5 Å². The molecule has 0 radical (unpaired) electrons.